The van der Waals surface area contributed by atoms with Crippen molar-refractivity contribution in [2.45, 2.75) is 57.8 Å². The molecule has 3 heteroatoms. The molecular formula is C29H31F3. The summed E-state index contributed by atoms with van der Waals surface area (Å²) in [5, 5.41) is 0. The minimum absolute atomic E-state index is 0.357. The third-order valence-electron chi connectivity index (χ3n) is 7.13. The average molecular weight is 437 g/mol. The molecule has 168 valence electrons. The molecule has 0 bridgehead atoms. The van der Waals surface area contributed by atoms with Gasteiger partial charge in [0.15, 0.2) is 17.5 Å². The Morgan fingerprint density at radius 2 is 1.34 bits per heavy atom. The van der Waals surface area contributed by atoms with Gasteiger partial charge in [-0.1, -0.05) is 87.2 Å². The zero-order chi connectivity index (χ0) is 22.5. The van der Waals surface area contributed by atoms with Crippen molar-refractivity contribution in [1.82, 2.24) is 0 Å². The summed E-state index contributed by atoms with van der Waals surface area (Å²) in [7, 11) is 0. The van der Waals surface area contributed by atoms with Gasteiger partial charge in [0.25, 0.3) is 0 Å². The molecule has 1 aliphatic carbocycles. The van der Waals surface area contributed by atoms with Gasteiger partial charge in [-0.25, -0.2) is 13.2 Å². The summed E-state index contributed by atoms with van der Waals surface area (Å²) in [6.07, 6.45) is 8.73. The highest BCUT2D eigenvalue weighted by atomic mass is 19.2. The van der Waals surface area contributed by atoms with E-state index in [2.05, 4.69) is 37.3 Å². The Labute approximate surface area is 189 Å². The van der Waals surface area contributed by atoms with E-state index in [0.717, 1.165) is 30.4 Å². The van der Waals surface area contributed by atoms with Gasteiger partial charge in [0, 0.05) is 0 Å². The second-order valence-electron chi connectivity index (χ2n) is 9.42. The van der Waals surface area contributed by atoms with E-state index in [1.54, 1.807) is 0 Å². The summed E-state index contributed by atoms with van der Waals surface area (Å²) in [5.74, 6) is -1.50. The van der Waals surface area contributed by atoms with Gasteiger partial charge in [0.2, 0.25) is 0 Å². The number of rotatable bonds is 7. The molecule has 32 heavy (non-hydrogen) atoms. The third kappa shape index (κ3) is 5.62. The molecule has 0 aliphatic heterocycles. The number of halogens is 3. The summed E-state index contributed by atoms with van der Waals surface area (Å²) < 4.78 is 40.2. The van der Waals surface area contributed by atoms with E-state index < -0.39 is 17.5 Å². The zero-order valence-electron chi connectivity index (χ0n) is 18.7. The fourth-order valence-electron chi connectivity index (χ4n) is 5.13. The van der Waals surface area contributed by atoms with Crippen LogP contribution < -0.4 is 0 Å². The van der Waals surface area contributed by atoms with Gasteiger partial charge in [-0.15, -0.1) is 0 Å². The van der Waals surface area contributed by atoms with Crippen molar-refractivity contribution in [3.63, 3.8) is 0 Å². The van der Waals surface area contributed by atoms with Crippen LogP contribution in [0.25, 0.3) is 11.1 Å². The summed E-state index contributed by atoms with van der Waals surface area (Å²) in [4.78, 5) is 0. The largest absolute Gasteiger partial charge is 0.204 e. The van der Waals surface area contributed by atoms with Gasteiger partial charge in [-0.2, -0.15) is 0 Å². The zero-order valence-corrected chi connectivity index (χ0v) is 18.7. The van der Waals surface area contributed by atoms with Gasteiger partial charge in [0.05, 0.1) is 0 Å². The van der Waals surface area contributed by atoms with E-state index in [1.807, 2.05) is 24.3 Å². The molecule has 1 atom stereocenters. The summed E-state index contributed by atoms with van der Waals surface area (Å²) in [6.45, 7) is 2.35. The Hall–Kier alpha value is -2.55. The topological polar surface area (TPSA) is 0 Å². The van der Waals surface area contributed by atoms with E-state index in [1.165, 1.54) is 49.7 Å². The molecule has 0 spiro atoms. The highest BCUT2D eigenvalue weighted by Crippen LogP contribution is 2.37. The Bertz CT molecular complexity index is 979. The Morgan fingerprint density at radius 3 is 1.97 bits per heavy atom. The van der Waals surface area contributed by atoms with E-state index in [4.69, 9.17) is 0 Å². The second-order valence-corrected chi connectivity index (χ2v) is 9.42. The molecule has 3 aromatic carbocycles. The fourth-order valence-corrected chi connectivity index (χ4v) is 5.13. The molecule has 0 amide bonds. The lowest BCUT2D eigenvalue weighted by Gasteiger charge is -2.30. The van der Waals surface area contributed by atoms with Crippen LogP contribution in [-0.2, 0) is 6.42 Å². The van der Waals surface area contributed by atoms with Crippen molar-refractivity contribution in [1.29, 1.82) is 0 Å². The maximum absolute atomic E-state index is 13.5. The molecule has 0 aromatic heterocycles. The van der Waals surface area contributed by atoms with E-state index in [0.29, 0.717) is 17.0 Å². The molecule has 0 N–H and O–H groups in total. The van der Waals surface area contributed by atoms with Crippen LogP contribution in [-0.4, -0.2) is 0 Å². The number of aryl methyl sites for hydroxylation is 1. The molecule has 1 saturated carbocycles. The average Bonchev–Trinajstić information content (AvgIpc) is 2.82. The van der Waals surface area contributed by atoms with Crippen molar-refractivity contribution in [2.24, 2.45) is 11.8 Å². The van der Waals surface area contributed by atoms with Crippen molar-refractivity contribution in [3.05, 3.63) is 95.3 Å². The minimum atomic E-state index is -1.42. The lowest BCUT2D eigenvalue weighted by molar-refractivity contribution is 0.245. The Morgan fingerprint density at radius 1 is 0.750 bits per heavy atom. The van der Waals surface area contributed by atoms with Gasteiger partial charge in [0.1, 0.15) is 0 Å². The second kappa shape index (κ2) is 10.4. The van der Waals surface area contributed by atoms with Crippen molar-refractivity contribution < 1.29 is 13.2 Å². The molecule has 0 radical (unpaired) electrons. The van der Waals surface area contributed by atoms with Crippen LogP contribution in [0.1, 0.15) is 62.5 Å². The molecule has 1 aliphatic rings. The lowest BCUT2D eigenvalue weighted by atomic mass is 9.75. The summed E-state index contributed by atoms with van der Waals surface area (Å²) in [6, 6.07) is 20.7. The van der Waals surface area contributed by atoms with Crippen LogP contribution in [0.5, 0.6) is 0 Å². The van der Waals surface area contributed by atoms with Crippen molar-refractivity contribution in [3.8, 4) is 11.1 Å². The number of benzene rings is 3. The van der Waals surface area contributed by atoms with Crippen molar-refractivity contribution >= 4 is 0 Å². The van der Waals surface area contributed by atoms with Crippen molar-refractivity contribution in [2.75, 3.05) is 0 Å². The summed E-state index contributed by atoms with van der Waals surface area (Å²) >= 11 is 0. The first-order valence-corrected chi connectivity index (χ1v) is 11.8. The molecule has 0 unspecified atom stereocenters. The first-order chi connectivity index (χ1) is 15.5. The summed E-state index contributed by atoms with van der Waals surface area (Å²) in [5.41, 5.74) is 3.73. The smallest absolute Gasteiger partial charge is 0.194 e. The van der Waals surface area contributed by atoms with E-state index in [9.17, 15) is 13.2 Å². The van der Waals surface area contributed by atoms with Gasteiger partial charge < -0.3 is 0 Å². The minimum Gasteiger partial charge on any atom is -0.204 e. The first kappa shape index (κ1) is 22.6. The van der Waals surface area contributed by atoms with E-state index >= 15 is 0 Å². The highest BCUT2D eigenvalue weighted by molar-refractivity contribution is 5.63. The van der Waals surface area contributed by atoms with Gasteiger partial charge >= 0.3 is 0 Å². The highest BCUT2D eigenvalue weighted by Gasteiger charge is 2.23. The maximum atomic E-state index is 13.5. The van der Waals surface area contributed by atoms with Crippen LogP contribution in [0.2, 0.25) is 0 Å². The molecule has 0 nitrogen and oxygen atoms in total. The molecule has 3 aromatic rings. The van der Waals surface area contributed by atoms with Crippen LogP contribution in [0.15, 0.2) is 66.7 Å². The third-order valence-corrected chi connectivity index (χ3v) is 7.13. The Kier molecular flexibility index (Phi) is 7.34. The molecule has 0 heterocycles. The quantitative estimate of drug-likeness (QED) is 0.325. The SMILES string of the molecule is C[C@H](CC1CCC(CCc2ccc(-c3cc(F)c(F)c(F)c3)cc2)CC1)c1ccccc1. The van der Waals surface area contributed by atoms with Crippen LogP contribution >= 0.6 is 0 Å². The van der Waals surface area contributed by atoms with Gasteiger partial charge in [-0.05, 0) is 71.4 Å². The van der Waals surface area contributed by atoms with Crippen LogP contribution in [0, 0.1) is 29.3 Å². The van der Waals surface area contributed by atoms with E-state index in [-0.39, 0.29) is 0 Å². The lowest BCUT2D eigenvalue weighted by Crippen LogP contribution is -2.16. The standard InChI is InChI=1S/C29H31F3/c1-20(24-5-3-2-4-6-24)17-23-11-9-21(10-12-23)7-8-22-13-15-25(16-14-22)26-18-27(30)29(32)28(31)19-26/h2-6,13-16,18-21,23H,7-12,17H2,1H3/t20-,21?,23?/m1/s1. The molecular weight excluding hydrogens is 405 g/mol. The predicted molar refractivity (Wildman–Crippen MR) is 125 cm³/mol. The predicted octanol–water partition coefficient (Wildman–Crippen LogP) is 8.70. The van der Waals surface area contributed by atoms with Crippen LogP contribution in [0.4, 0.5) is 13.2 Å². The molecule has 0 saturated heterocycles. The maximum Gasteiger partial charge on any atom is 0.194 e. The van der Waals surface area contributed by atoms with Gasteiger partial charge in [-0.3, -0.25) is 0 Å². The Balaban J connectivity index is 1.24. The van der Waals surface area contributed by atoms with Crippen LogP contribution in [0.3, 0.4) is 0 Å². The fraction of sp³-hybridized carbons (Fsp3) is 0.379. The molecule has 4 rings (SSSR count). The number of hydrogen-bond acceptors (Lipinski definition) is 0. The monoisotopic (exact) mass is 436 g/mol. The normalized spacial score (nSPS) is 19.6. The molecule has 1 fully saturated rings. The first-order valence-electron chi connectivity index (χ1n) is 11.8. The number of hydrogen-bond donors (Lipinski definition) is 0.